The average Bonchev–Trinajstić information content (AvgIpc) is 3.24. The van der Waals surface area contributed by atoms with Crippen molar-refractivity contribution in [1.29, 1.82) is 0 Å². The Labute approximate surface area is 238 Å². The number of carbonyl (C=O) groups is 1. The van der Waals surface area contributed by atoms with Crippen molar-refractivity contribution >= 4 is 39.4 Å². The van der Waals surface area contributed by atoms with Crippen LogP contribution in [-0.4, -0.2) is 45.9 Å². The fourth-order valence-corrected chi connectivity index (χ4v) is 5.93. The van der Waals surface area contributed by atoms with E-state index in [1.165, 1.54) is 38.6 Å². The number of halogens is 1. The lowest BCUT2D eigenvalue weighted by Gasteiger charge is -2.24. The number of amides is 1. The zero-order valence-electron chi connectivity index (χ0n) is 22.5. The summed E-state index contributed by atoms with van der Waals surface area (Å²) >= 11 is 6.39. The first kappa shape index (κ1) is 28.7. The van der Waals surface area contributed by atoms with Crippen LogP contribution in [0.3, 0.4) is 0 Å². The smallest absolute Gasteiger partial charge is 0.264 e. The van der Waals surface area contributed by atoms with E-state index in [9.17, 15) is 13.2 Å². The van der Waals surface area contributed by atoms with Crippen molar-refractivity contribution in [3.8, 4) is 17.2 Å². The molecule has 3 aromatic carbocycles. The molecule has 0 aliphatic carbocycles. The van der Waals surface area contributed by atoms with Gasteiger partial charge in [0.1, 0.15) is 6.54 Å². The summed E-state index contributed by atoms with van der Waals surface area (Å²) in [5, 5.41) is 4.70. The first-order valence-electron chi connectivity index (χ1n) is 12.2. The molecular weight excluding hydrogens is 552 g/mol. The van der Waals surface area contributed by atoms with E-state index in [1.807, 2.05) is 48.7 Å². The van der Waals surface area contributed by atoms with Crippen LogP contribution in [0.1, 0.15) is 17.0 Å². The van der Waals surface area contributed by atoms with Gasteiger partial charge in [-0.2, -0.15) is 5.10 Å². The molecular formula is C29H29ClN4O5S. The number of aromatic nitrogens is 1. The van der Waals surface area contributed by atoms with Crippen LogP contribution in [-0.2, 0) is 14.8 Å². The molecule has 9 nitrogen and oxygen atoms in total. The second-order valence-electron chi connectivity index (χ2n) is 8.77. The number of nitrogens with zero attached hydrogens (tertiary/aromatic N) is 3. The van der Waals surface area contributed by atoms with Gasteiger partial charge in [0.05, 0.1) is 41.7 Å². The van der Waals surface area contributed by atoms with Crippen molar-refractivity contribution in [3.63, 3.8) is 0 Å². The van der Waals surface area contributed by atoms with Gasteiger partial charge in [0.15, 0.2) is 11.5 Å². The van der Waals surface area contributed by atoms with E-state index in [4.69, 9.17) is 21.1 Å². The molecule has 4 aromatic rings. The molecule has 1 N–H and O–H groups in total. The van der Waals surface area contributed by atoms with Gasteiger partial charge >= 0.3 is 0 Å². The number of hydrogen-bond acceptors (Lipinski definition) is 6. The molecule has 4 rings (SSSR count). The summed E-state index contributed by atoms with van der Waals surface area (Å²) in [5.74, 6) is 0.0118. The highest BCUT2D eigenvalue weighted by Gasteiger charge is 2.28. The molecule has 0 saturated heterocycles. The maximum Gasteiger partial charge on any atom is 0.264 e. The predicted molar refractivity (Wildman–Crippen MR) is 157 cm³/mol. The van der Waals surface area contributed by atoms with Gasteiger partial charge < -0.3 is 14.0 Å². The number of benzene rings is 3. The van der Waals surface area contributed by atoms with Crippen LogP contribution >= 0.6 is 11.6 Å². The third kappa shape index (κ3) is 5.98. The fraction of sp³-hybridized carbons (Fsp3) is 0.172. The quantitative estimate of drug-likeness (QED) is 0.207. The Bertz CT molecular complexity index is 1650. The summed E-state index contributed by atoms with van der Waals surface area (Å²) in [6.07, 6.45) is 1.52. The third-order valence-electron chi connectivity index (χ3n) is 6.23. The normalized spacial score (nSPS) is 11.4. The summed E-state index contributed by atoms with van der Waals surface area (Å²) in [6, 6.07) is 22.0. The molecule has 40 heavy (non-hydrogen) atoms. The number of para-hydroxylation sites is 2. The second-order valence-corrected chi connectivity index (χ2v) is 11.0. The highest BCUT2D eigenvalue weighted by molar-refractivity contribution is 7.92. The van der Waals surface area contributed by atoms with Crippen LogP contribution in [0.4, 0.5) is 5.69 Å². The van der Waals surface area contributed by atoms with Crippen LogP contribution < -0.4 is 19.2 Å². The molecule has 11 heteroatoms. The van der Waals surface area contributed by atoms with Gasteiger partial charge in [0.2, 0.25) is 0 Å². The number of rotatable bonds is 10. The molecule has 0 radical (unpaired) electrons. The van der Waals surface area contributed by atoms with Crippen molar-refractivity contribution in [1.82, 2.24) is 9.99 Å². The first-order chi connectivity index (χ1) is 19.2. The molecule has 0 saturated carbocycles. The molecule has 1 aromatic heterocycles. The molecule has 0 aliphatic rings. The molecule has 0 aliphatic heterocycles. The van der Waals surface area contributed by atoms with Crippen molar-refractivity contribution in [3.05, 3.63) is 101 Å². The van der Waals surface area contributed by atoms with Crippen molar-refractivity contribution in [2.24, 2.45) is 5.10 Å². The zero-order chi connectivity index (χ0) is 28.9. The highest BCUT2D eigenvalue weighted by atomic mass is 35.5. The zero-order valence-corrected chi connectivity index (χ0v) is 24.0. The highest BCUT2D eigenvalue weighted by Crippen LogP contribution is 2.32. The van der Waals surface area contributed by atoms with Crippen LogP contribution in [0.25, 0.3) is 5.69 Å². The van der Waals surface area contributed by atoms with Crippen molar-refractivity contribution in [2.75, 3.05) is 25.1 Å². The molecule has 0 unspecified atom stereocenters. The van der Waals surface area contributed by atoms with Gasteiger partial charge in [-0.15, -0.1) is 0 Å². The van der Waals surface area contributed by atoms with E-state index in [1.54, 1.807) is 30.3 Å². The van der Waals surface area contributed by atoms with E-state index in [0.717, 1.165) is 26.9 Å². The molecule has 1 amide bonds. The van der Waals surface area contributed by atoms with E-state index in [2.05, 4.69) is 10.5 Å². The minimum Gasteiger partial charge on any atom is -0.493 e. The van der Waals surface area contributed by atoms with Crippen LogP contribution in [0.5, 0.6) is 11.5 Å². The minimum atomic E-state index is -4.16. The number of ether oxygens (including phenoxy) is 2. The molecule has 0 spiro atoms. The van der Waals surface area contributed by atoms with Gasteiger partial charge in [0, 0.05) is 23.0 Å². The van der Waals surface area contributed by atoms with Gasteiger partial charge in [-0.1, -0.05) is 41.9 Å². The number of hydrogen-bond donors (Lipinski definition) is 1. The Hall–Kier alpha value is -4.28. The molecule has 1 heterocycles. The fourth-order valence-electron chi connectivity index (χ4n) is 4.28. The van der Waals surface area contributed by atoms with Crippen molar-refractivity contribution in [2.45, 2.75) is 18.7 Å². The van der Waals surface area contributed by atoms with Crippen LogP contribution in [0, 0.1) is 13.8 Å². The standard InChI is InChI=1S/C29H29ClN4O5S/c1-20-16-22(21(2)34(20)26-13-9-8-12-25(26)30)18-31-32-29(35)19-33(23-10-6-5-7-11-23)40(36,37)24-14-15-27(38-3)28(17-24)39-4/h5-18H,19H2,1-4H3,(H,32,35)/b31-18-. The lowest BCUT2D eigenvalue weighted by atomic mass is 10.2. The number of aryl methyl sites for hydroxylation is 1. The van der Waals surface area contributed by atoms with Crippen LogP contribution in [0.2, 0.25) is 5.02 Å². The first-order valence-corrected chi connectivity index (χ1v) is 14.0. The second kappa shape index (κ2) is 12.3. The SMILES string of the molecule is COc1ccc(S(=O)(=O)N(CC(=O)N/N=C\c2cc(C)n(-c3ccccc3Cl)c2C)c2ccccc2)cc1OC. The Balaban J connectivity index is 1.57. The van der Waals surface area contributed by atoms with Gasteiger partial charge in [0.25, 0.3) is 15.9 Å². The van der Waals surface area contributed by atoms with E-state index < -0.39 is 22.5 Å². The van der Waals surface area contributed by atoms with Crippen molar-refractivity contribution < 1.29 is 22.7 Å². The summed E-state index contributed by atoms with van der Waals surface area (Å²) in [5.41, 5.74) is 6.19. The Morgan fingerprint density at radius 2 is 1.65 bits per heavy atom. The maximum absolute atomic E-state index is 13.7. The monoisotopic (exact) mass is 580 g/mol. The Morgan fingerprint density at radius 1 is 0.975 bits per heavy atom. The van der Waals surface area contributed by atoms with E-state index in [0.29, 0.717) is 16.5 Å². The van der Waals surface area contributed by atoms with E-state index in [-0.39, 0.29) is 10.6 Å². The number of anilines is 1. The molecule has 0 fully saturated rings. The van der Waals surface area contributed by atoms with E-state index >= 15 is 0 Å². The average molecular weight is 581 g/mol. The number of sulfonamides is 1. The number of carbonyl (C=O) groups excluding carboxylic acids is 1. The summed E-state index contributed by atoms with van der Waals surface area (Å²) in [6.45, 7) is 3.37. The largest absolute Gasteiger partial charge is 0.493 e. The maximum atomic E-state index is 13.7. The lowest BCUT2D eigenvalue weighted by Crippen LogP contribution is -2.39. The predicted octanol–water partition coefficient (Wildman–Crippen LogP) is 5.11. The molecule has 0 atom stereocenters. The number of nitrogens with one attached hydrogen (secondary N) is 1. The van der Waals surface area contributed by atoms with Gasteiger partial charge in [-0.25, -0.2) is 13.8 Å². The molecule has 208 valence electrons. The number of hydrazone groups is 1. The Kier molecular flexibility index (Phi) is 8.81. The van der Waals surface area contributed by atoms with Gasteiger partial charge in [-0.05, 0) is 56.3 Å². The lowest BCUT2D eigenvalue weighted by molar-refractivity contribution is -0.119. The van der Waals surface area contributed by atoms with Gasteiger partial charge in [-0.3, -0.25) is 9.10 Å². The molecule has 0 bridgehead atoms. The van der Waals surface area contributed by atoms with Crippen LogP contribution in [0.15, 0.2) is 88.9 Å². The third-order valence-corrected chi connectivity index (χ3v) is 8.32. The number of methoxy groups -OCH3 is 2. The topological polar surface area (TPSA) is 102 Å². The summed E-state index contributed by atoms with van der Waals surface area (Å²) in [7, 11) is -1.28. The Morgan fingerprint density at radius 3 is 2.33 bits per heavy atom. The summed E-state index contributed by atoms with van der Waals surface area (Å²) < 4.78 is 40.9. The minimum absolute atomic E-state index is 0.0580. The summed E-state index contributed by atoms with van der Waals surface area (Å²) in [4.78, 5) is 12.9.